The second-order valence-corrected chi connectivity index (χ2v) is 7.49. The molecule has 0 atom stereocenters. The van der Waals surface area contributed by atoms with Crippen molar-refractivity contribution in [1.82, 2.24) is 15.0 Å². The Kier molecular flexibility index (Phi) is 5.71. The van der Waals surface area contributed by atoms with Crippen molar-refractivity contribution in [3.63, 3.8) is 0 Å². The lowest BCUT2D eigenvalue weighted by molar-refractivity contribution is -0.115. The van der Waals surface area contributed by atoms with Gasteiger partial charge in [-0.3, -0.25) is 14.6 Å². The first kappa shape index (κ1) is 20.0. The third-order valence-electron chi connectivity index (χ3n) is 4.63. The summed E-state index contributed by atoms with van der Waals surface area (Å²) in [6, 6.07) is 7.17. The molecule has 3 aromatic rings. The molecule has 0 spiro atoms. The van der Waals surface area contributed by atoms with Gasteiger partial charge in [-0.15, -0.1) is 11.8 Å². The summed E-state index contributed by atoms with van der Waals surface area (Å²) in [6.07, 6.45) is 5.09. The number of hydrogen-bond donors (Lipinski definition) is 2. The molecule has 9 heteroatoms. The number of aromatic nitrogens is 3. The molecular formula is C21H20N4O4S. The number of nitrogens with one attached hydrogen (secondary N) is 2. The number of fused-ring (bicyclic) bond motifs is 1. The summed E-state index contributed by atoms with van der Waals surface area (Å²) in [5.74, 6) is 1.36. The Labute approximate surface area is 177 Å². The van der Waals surface area contributed by atoms with E-state index in [1.165, 1.54) is 11.8 Å². The smallest absolute Gasteiger partial charge is 0.255 e. The van der Waals surface area contributed by atoms with Crippen molar-refractivity contribution in [3.05, 3.63) is 58.3 Å². The number of amides is 1. The summed E-state index contributed by atoms with van der Waals surface area (Å²) in [4.78, 5) is 37.4. The lowest BCUT2D eigenvalue weighted by atomic mass is 10.1. The van der Waals surface area contributed by atoms with Gasteiger partial charge in [-0.2, -0.15) is 0 Å². The van der Waals surface area contributed by atoms with Gasteiger partial charge in [0.2, 0.25) is 5.91 Å². The van der Waals surface area contributed by atoms with Crippen LogP contribution in [-0.2, 0) is 11.2 Å². The van der Waals surface area contributed by atoms with E-state index in [2.05, 4.69) is 20.3 Å². The average Bonchev–Trinajstić information content (AvgIpc) is 2.76. The van der Waals surface area contributed by atoms with Gasteiger partial charge in [0, 0.05) is 40.2 Å². The van der Waals surface area contributed by atoms with Crippen LogP contribution in [0.3, 0.4) is 0 Å². The first-order chi connectivity index (χ1) is 14.5. The third kappa shape index (κ3) is 4.16. The van der Waals surface area contributed by atoms with E-state index >= 15 is 0 Å². The van der Waals surface area contributed by atoms with Crippen LogP contribution < -0.4 is 20.3 Å². The number of pyridine rings is 1. The van der Waals surface area contributed by atoms with Crippen LogP contribution in [0.5, 0.6) is 11.5 Å². The van der Waals surface area contributed by atoms with Crippen LogP contribution >= 0.6 is 11.8 Å². The van der Waals surface area contributed by atoms with Crippen LogP contribution in [0.15, 0.2) is 46.3 Å². The number of aryl methyl sites for hydroxylation is 1. The van der Waals surface area contributed by atoms with Gasteiger partial charge in [0.05, 0.1) is 12.1 Å². The van der Waals surface area contributed by atoms with E-state index in [0.29, 0.717) is 53.0 Å². The Hall–Kier alpha value is -3.33. The average molecular weight is 424 g/mol. The number of aromatic amines is 1. The molecule has 0 aliphatic carbocycles. The van der Waals surface area contributed by atoms with Crippen molar-refractivity contribution >= 4 is 23.4 Å². The fourth-order valence-corrected chi connectivity index (χ4v) is 3.70. The van der Waals surface area contributed by atoms with Crippen LogP contribution in [-0.4, -0.2) is 40.3 Å². The first-order valence-electron chi connectivity index (χ1n) is 9.33. The number of H-pyrrole nitrogens is 1. The normalized spacial score (nSPS) is 12.5. The summed E-state index contributed by atoms with van der Waals surface area (Å²) in [5.41, 5.74) is 1.80. The highest BCUT2D eigenvalue weighted by Crippen LogP contribution is 2.39. The minimum absolute atomic E-state index is 0.0935. The number of ether oxygens (including phenoxy) is 2. The minimum Gasteiger partial charge on any atom is -0.486 e. The summed E-state index contributed by atoms with van der Waals surface area (Å²) in [5, 5.41) is 2.87. The number of carbonyl (C=O) groups is 1. The monoisotopic (exact) mass is 424 g/mol. The number of benzene rings is 1. The number of thioether (sulfide) groups is 1. The molecule has 1 amide bonds. The molecule has 2 aromatic heterocycles. The van der Waals surface area contributed by atoms with Gasteiger partial charge in [0.1, 0.15) is 19.0 Å². The third-order valence-corrected chi connectivity index (χ3v) is 5.41. The first-order valence-corrected chi connectivity index (χ1v) is 10.6. The second kappa shape index (κ2) is 8.58. The number of rotatable bonds is 5. The van der Waals surface area contributed by atoms with Gasteiger partial charge in [0.25, 0.3) is 5.56 Å². The molecule has 30 heavy (non-hydrogen) atoms. The number of carbonyl (C=O) groups excluding carboxylic acids is 1. The highest BCUT2D eigenvalue weighted by atomic mass is 32.2. The van der Waals surface area contributed by atoms with Gasteiger partial charge >= 0.3 is 0 Å². The zero-order valence-electron chi connectivity index (χ0n) is 16.5. The van der Waals surface area contributed by atoms with Gasteiger partial charge < -0.3 is 19.8 Å². The molecule has 1 aliphatic rings. The molecule has 0 saturated carbocycles. The standard InChI is InChI=1S/C21H20N4O4S/c1-12-14(21(27)25-20(23-12)13-4-3-5-22-11-13)8-19(26)24-15-9-16-17(10-18(15)30-2)29-7-6-28-16/h3-5,9-11H,6-8H2,1-2H3,(H,24,26)(H,23,25,27). The molecule has 1 aromatic carbocycles. The van der Waals surface area contributed by atoms with Crippen molar-refractivity contribution in [3.8, 4) is 22.9 Å². The molecule has 3 heterocycles. The Morgan fingerprint density at radius 2 is 2.03 bits per heavy atom. The minimum atomic E-state index is -0.344. The summed E-state index contributed by atoms with van der Waals surface area (Å²) in [7, 11) is 0. The molecule has 4 rings (SSSR count). The largest absolute Gasteiger partial charge is 0.486 e. The lowest BCUT2D eigenvalue weighted by Crippen LogP contribution is -2.24. The fourth-order valence-electron chi connectivity index (χ4n) is 3.15. The van der Waals surface area contributed by atoms with Crippen LogP contribution in [0.25, 0.3) is 11.4 Å². The molecular weight excluding hydrogens is 404 g/mol. The molecule has 0 fully saturated rings. The van der Waals surface area contributed by atoms with E-state index in [0.717, 1.165) is 4.90 Å². The molecule has 154 valence electrons. The zero-order chi connectivity index (χ0) is 21.1. The van der Waals surface area contributed by atoms with Crippen molar-refractivity contribution < 1.29 is 14.3 Å². The van der Waals surface area contributed by atoms with Gasteiger partial charge in [0.15, 0.2) is 11.5 Å². The maximum Gasteiger partial charge on any atom is 0.255 e. The van der Waals surface area contributed by atoms with Gasteiger partial charge in [-0.25, -0.2) is 4.98 Å². The van der Waals surface area contributed by atoms with E-state index in [-0.39, 0.29) is 17.9 Å². The molecule has 0 saturated heterocycles. The van der Waals surface area contributed by atoms with Crippen LogP contribution in [0.4, 0.5) is 5.69 Å². The van der Waals surface area contributed by atoms with Crippen molar-refractivity contribution in [2.24, 2.45) is 0 Å². The van der Waals surface area contributed by atoms with Crippen LogP contribution in [0, 0.1) is 6.92 Å². The quantitative estimate of drug-likeness (QED) is 0.607. The van der Waals surface area contributed by atoms with Gasteiger partial charge in [-0.05, 0) is 31.4 Å². The van der Waals surface area contributed by atoms with E-state index in [1.807, 2.05) is 18.4 Å². The van der Waals surface area contributed by atoms with Crippen LogP contribution in [0.1, 0.15) is 11.3 Å². The highest BCUT2D eigenvalue weighted by Gasteiger charge is 2.19. The van der Waals surface area contributed by atoms with Crippen molar-refractivity contribution in [2.75, 3.05) is 24.8 Å². The predicted octanol–water partition coefficient (Wildman–Crippen LogP) is 2.81. The summed E-state index contributed by atoms with van der Waals surface area (Å²) >= 11 is 1.49. The highest BCUT2D eigenvalue weighted by molar-refractivity contribution is 7.98. The maximum atomic E-state index is 12.7. The number of anilines is 1. The number of hydrogen-bond acceptors (Lipinski definition) is 7. The van der Waals surface area contributed by atoms with E-state index in [4.69, 9.17) is 9.47 Å². The molecule has 0 unspecified atom stereocenters. The molecule has 1 aliphatic heterocycles. The van der Waals surface area contributed by atoms with Crippen molar-refractivity contribution in [2.45, 2.75) is 18.2 Å². The van der Waals surface area contributed by atoms with Gasteiger partial charge in [-0.1, -0.05) is 0 Å². The fraction of sp³-hybridized carbons (Fsp3) is 0.238. The summed E-state index contributed by atoms with van der Waals surface area (Å²) < 4.78 is 11.2. The topological polar surface area (TPSA) is 106 Å². The Morgan fingerprint density at radius 1 is 1.27 bits per heavy atom. The molecule has 0 bridgehead atoms. The molecule has 8 nitrogen and oxygen atoms in total. The molecule has 0 radical (unpaired) electrons. The Balaban J connectivity index is 1.55. The predicted molar refractivity (Wildman–Crippen MR) is 114 cm³/mol. The zero-order valence-corrected chi connectivity index (χ0v) is 17.3. The summed E-state index contributed by atoms with van der Waals surface area (Å²) in [6.45, 7) is 2.67. The van der Waals surface area contributed by atoms with E-state index in [9.17, 15) is 9.59 Å². The van der Waals surface area contributed by atoms with E-state index < -0.39 is 0 Å². The van der Waals surface area contributed by atoms with E-state index in [1.54, 1.807) is 31.5 Å². The number of nitrogens with zero attached hydrogens (tertiary/aromatic N) is 2. The van der Waals surface area contributed by atoms with Crippen LogP contribution in [0.2, 0.25) is 0 Å². The maximum absolute atomic E-state index is 12.7. The Bertz CT molecular complexity index is 1150. The van der Waals surface area contributed by atoms with Crippen molar-refractivity contribution in [1.29, 1.82) is 0 Å². The SMILES string of the molecule is CSc1cc2c(cc1NC(=O)Cc1c(C)nc(-c3cccnc3)[nH]c1=O)OCCO2. The second-order valence-electron chi connectivity index (χ2n) is 6.64. The lowest BCUT2D eigenvalue weighted by Gasteiger charge is -2.21. The molecule has 2 N–H and O–H groups in total. The Morgan fingerprint density at radius 3 is 2.70 bits per heavy atom.